The lowest BCUT2D eigenvalue weighted by molar-refractivity contribution is 0.0276. The molecule has 1 N–H and O–H groups in total. The Hall–Kier alpha value is -1.00. The summed E-state index contributed by atoms with van der Waals surface area (Å²) >= 11 is 0. The van der Waals surface area contributed by atoms with Crippen molar-refractivity contribution in [3.05, 3.63) is 35.4 Å². The molecular weight excluding hydrogens is 188 g/mol. The Bertz CT molecular complexity index is 304. The topological polar surface area (TPSA) is 21.3 Å². The Morgan fingerprint density at radius 3 is 2.79 bits per heavy atom. The van der Waals surface area contributed by atoms with Crippen molar-refractivity contribution in [1.82, 2.24) is 5.48 Å². The second-order valence-electron chi connectivity index (χ2n) is 2.94. The van der Waals surface area contributed by atoms with E-state index < -0.39 is 11.6 Å². The van der Waals surface area contributed by atoms with Crippen molar-refractivity contribution in [2.45, 2.75) is 19.9 Å². The molecule has 0 aromatic heterocycles. The molecule has 1 atom stereocenters. The SMILES string of the molecule is CCONC(C)c1cc(F)ccc1F. The van der Waals surface area contributed by atoms with E-state index in [1.807, 2.05) is 6.92 Å². The quantitative estimate of drug-likeness (QED) is 0.756. The van der Waals surface area contributed by atoms with Gasteiger partial charge in [-0.3, -0.25) is 0 Å². The molecule has 0 spiro atoms. The Morgan fingerprint density at radius 2 is 2.14 bits per heavy atom. The zero-order valence-corrected chi connectivity index (χ0v) is 8.18. The summed E-state index contributed by atoms with van der Waals surface area (Å²) < 4.78 is 26.0. The minimum Gasteiger partial charge on any atom is -0.302 e. The molecule has 0 radical (unpaired) electrons. The van der Waals surface area contributed by atoms with Crippen molar-refractivity contribution >= 4 is 0 Å². The minimum absolute atomic E-state index is 0.262. The third-order valence-corrected chi connectivity index (χ3v) is 1.83. The van der Waals surface area contributed by atoms with Crippen molar-refractivity contribution in [2.24, 2.45) is 0 Å². The van der Waals surface area contributed by atoms with E-state index in [1.165, 1.54) is 0 Å². The number of rotatable bonds is 4. The van der Waals surface area contributed by atoms with E-state index in [0.29, 0.717) is 6.61 Å². The van der Waals surface area contributed by atoms with Gasteiger partial charge in [0.05, 0.1) is 12.6 Å². The molecule has 1 aromatic rings. The van der Waals surface area contributed by atoms with Crippen LogP contribution in [0.4, 0.5) is 8.78 Å². The summed E-state index contributed by atoms with van der Waals surface area (Å²) in [7, 11) is 0. The van der Waals surface area contributed by atoms with Crippen LogP contribution >= 0.6 is 0 Å². The molecule has 0 aliphatic heterocycles. The van der Waals surface area contributed by atoms with Gasteiger partial charge in [0, 0.05) is 5.56 Å². The van der Waals surface area contributed by atoms with Crippen molar-refractivity contribution < 1.29 is 13.6 Å². The first-order valence-electron chi connectivity index (χ1n) is 4.47. The predicted molar refractivity (Wildman–Crippen MR) is 49.5 cm³/mol. The van der Waals surface area contributed by atoms with Crippen molar-refractivity contribution in [2.75, 3.05) is 6.61 Å². The summed E-state index contributed by atoms with van der Waals surface area (Å²) in [6.07, 6.45) is 0. The van der Waals surface area contributed by atoms with Gasteiger partial charge in [0.2, 0.25) is 0 Å². The van der Waals surface area contributed by atoms with Gasteiger partial charge >= 0.3 is 0 Å². The Balaban J connectivity index is 2.77. The van der Waals surface area contributed by atoms with Crippen LogP contribution in [0.2, 0.25) is 0 Å². The maximum Gasteiger partial charge on any atom is 0.128 e. The highest BCUT2D eigenvalue weighted by Gasteiger charge is 2.11. The number of hydrogen-bond acceptors (Lipinski definition) is 2. The summed E-state index contributed by atoms with van der Waals surface area (Å²) in [5, 5.41) is 0. The molecule has 0 aliphatic rings. The Labute approximate surface area is 81.8 Å². The monoisotopic (exact) mass is 201 g/mol. The van der Waals surface area contributed by atoms with Gasteiger partial charge in [-0.05, 0) is 32.0 Å². The van der Waals surface area contributed by atoms with Crippen molar-refractivity contribution in [3.8, 4) is 0 Å². The second kappa shape index (κ2) is 5.02. The largest absolute Gasteiger partial charge is 0.302 e. The van der Waals surface area contributed by atoms with Crippen LogP contribution in [0, 0.1) is 11.6 Å². The molecule has 0 saturated heterocycles. The van der Waals surface area contributed by atoms with E-state index in [1.54, 1.807) is 6.92 Å². The first-order valence-corrected chi connectivity index (χ1v) is 4.47. The first kappa shape index (κ1) is 11.1. The smallest absolute Gasteiger partial charge is 0.128 e. The van der Waals surface area contributed by atoms with E-state index in [4.69, 9.17) is 4.84 Å². The summed E-state index contributed by atoms with van der Waals surface area (Å²) in [6, 6.07) is 2.98. The molecule has 0 saturated carbocycles. The molecule has 2 nitrogen and oxygen atoms in total. The van der Waals surface area contributed by atoms with Crippen LogP contribution in [0.3, 0.4) is 0 Å². The third kappa shape index (κ3) is 2.75. The van der Waals surface area contributed by atoms with E-state index in [0.717, 1.165) is 18.2 Å². The molecule has 0 fully saturated rings. The van der Waals surface area contributed by atoms with Crippen LogP contribution in [-0.2, 0) is 4.84 Å². The summed E-state index contributed by atoms with van der Waals surface area (Å²) in [5.41, 5.74) is 2.87. The molecule has 0 heterocycles. The average molecular weight is 201 g/mol. The summed E-state index contributed by atoms with van der Waals surface area (Å²) in [4.78, 5) is 4.91. The Morgan fingerprint density at radius 1 is 1.43 bits per heavy atom. The second-order valence-corrected chi connectivity index (χ2v) is 2.94. The fourth-order valence-corrected chi connectivity index (χ4v) is 1.12. The zero-order chi connectivity index (χ0) is 10.6. The normalized spacial score (nSPS) is 12.9. The van der Waals surface area contributed by atoms with Crippen LogP contribution in [0.5, 0.6) is 0 Å². The van der Waals surface area contributed by atoms with Crippen LogP contribution in [0.1, 0.15) is 25.5 Å². The third-order valence-electron chi connectivity index (χ3n) is 1.83. The lowest BCUT2D eigenvalue weighted by Crippen LogP contribution is -2.20. The van der Waals surface area contributed by atoms with Crippen molar-refractivity contribution in [1.29, 1.82) is 0 Å². The van der Waals surface area contributed by atoms with Crippen LogP contribution < -0.4 is 5.48 Å². The molecule has 14 heavy (non-hydrogen) atoms. The lowest BCUT2D eigenvalue weighted by atomic mass is 10.1. The van der Waals surface area contributed by atoms with Gasteiger partial charge in [0.25, 0.3) is 0 Å². The van der Waals surface area contributed by atoms with Gasteiger partial charge in [-0.1, -0.05) is 0 Å². The first-order chi connectivity index (χ1) is 6.65. The zero-order valence-electron chi connectivity index (χ0n) is 8.18. The fourth-order valence-electron chi connectivity index (χ4n) is 1.12. The van der Waals surface area contributed by atoms with Gasteiger partial charge < -0.3 is 4.84 Å². The number of benzene rings is 1. The molecule has 0 bridgehead atoms. The molecule has 1 rings (SSSR count). The van der Waals surface area contributed by atoms with E-state index in [2.05, 4.69) is 5.48 Å². The predicted octanol–water partition coefficient (Wildman–Crippen LogP) is 2.57. The van der Waals surface area contributed by atoms with Crippen LogP contribution in [0.25, 0.3) is 0 Å². The minimum atomic E-state index is -0.452. The fraction of sp³-hybridized carbons (Fsp3) is 0.400. The van der Waals surface area contributed by atoms with E-state index in [9.17, 15) is 8.78 Å². The maximum absolute atomic E-state index is 13.2. The Kier molecular flexibility index (Phi) is 3.98. The van der Waals surface area contributed by atoms with Gasteiger partial charge in [-0.25, -0.2) is 8.78 Å². The molecule has 1 unspecified atom stereocenters. The summed E-state index contributed by atoms with van der Waals surface area (Å²) in [6.45, 7) is 3.98. The highest BCUT2D eigenvalue weighted by molar-refractivity contribution is 5.21. The van der Waals surface area contributed by atoms with Crippen molar-refractivity contribution in [3.63, 3.8) is 0 Å². The molecule has 0 amide bonds. The molecule has 4 heteroatoms. The molecule has 78 valence electrons. The molecule has 1 aromatic carbocycles. The standard InChI is InChI=1S/C10H13F2NO/c1-3-14-13-7(2)9-6-8(11)4-5-10(9)12/h4-7,13H,3H2,1-2H3. The average Bonchev–Trinajstić information content (AvgIpc) is 2.18. The highest BCUT2D eigenvalue weighted by atomic mass is 19.1. The molecule has 0 aliphatic carbocycles. The van der Waals surface area contributed by atoms with Gasteiger partial charge in [0.15, 0.2) is 0 Å². The number of hydroxylamine groups is 1. The van der Waals surface area contributed by atoms with E-state index in [-0.39, 0.29) is 11.6 Å². The number of nitrogens with one attached hydrogen (secondary N) is 1. The van der Waals surface area contributed by atoms with Crippen LogP contribution in [0.15, 0.2) is 18.2 Å². The van der Waals surface area contributed by atoms with Crippen LogP contribution in [-0.4, -0.2) is 6.61 Å². The summed E-state index contributed by atoms with van der Waals surface area (Å²) in [5.74, 6) is -0.891. The lowest BCUT2D eigenvalue weighted by Gasteiger charge is -2.13. The van der Waals surface area contributed by atoms with Gasteiger partial charge in [-0.2, -0.15) is 5.48 Å². The van der Waals surface area contributed by atoms with Gasteiger partial charge in [0.1, 0.15) is 11.6 Å². The highest BCUT2D eigenvalue weighted by Crippen LogP contribution is 2.17. The van der Waals surface area contributed by atoms with E-state index >= 15 is 0 Å². The van der Waals surface area contributed by atoms with Gasteiger partial charge in [-0.15, -0.1) is 0 Å². The maximum atomic E-state index is 13.2. The molecular formula is C10H13F2NO. The number of hydrogen-bond donors (Lipinski definition) is 1. The number of halogens is 2.